The van der Waals surface area contributed by atoms with Gasteiger partial charge in [0, 0.05) is 25.3 Å². The molecule has 0 spiro atoms. The Hall–Kier alpha value is -1.10. The third-order valence-corrected chi connectivity index (χ3v) is 4.20. The molecule has 0 radical (unpaired) electrons. The van der Waals surface area contributed by atoms with Gasteiger partial charge < -0.3 is 10.2 Å². The average molecular weight is 310 g/mol. The van der Waals surface area contributed by atoms with E-state index in [1.807, 2.05) is 11.0 Å². The highest BCUT2D eigenvalue weighted by Gasteiger charge is 2.23. The van der Waals surface area contributed by atoms with Crippen LogP contribution < -0.4 is 10.2 Å². The molecule has 0 atom stereocenters. The molecule has 1 saturated heterocycles. The second-order valence-electron chi connectivity index (χ2n) is 5.66. The van der Waals surface area contributed by atoms with Gasteiger partial charge in [0.15, 0.2) is 0 Å². The Labute approximate surface area is 132 Å². The van der Waals surface area contributed by atoms with E-state index in [0.29, 0.717) is 6.54 Å². The Balaban J connectivity index is 0.00000161. The van der Waals surface area contributed by atoms with Crippen LogP contribution in [-0.2, 0) is 11.2 Å². The number of benzene rings is 1. The first-order valence-corrected chi connectivity index (χ1v) is 7.66. The molecule has 5 heteroatoms. The normalized spacial score (nSPS) is 19.3. The van der Waals surface area contributed by atoms with Gasteiger partial charge in [-0.05, 0) is 44.0 Å². The third-order valence-electron chi connectivity index (χ3n) is 4.20. The predicted octanol–water partition coefficient (Wildman–Crippen LogP) is 1.68. The maximum atomic E-state index is 12.6. The number of fused-ring (bicyclic) bond motifs is 1. The van der Waals surface area contributed by atoms with E-state index in [0.717, 1.165) is 57.7 Å². The Bertz CT molecular complexity index is 472. The van der Waals surface area contributed by atoms with Gasteiger partial charge in [-0.3, -0.25) is 9.69 Å². The molecule has 0 aromatic heterocycles. The highest BCUT2D eigenvalue weighted by atomic mass is 35.5. The molecule has 0 unspecified atom stereocenters. The Morgan fingerprint density at radius 1 is 1.10 bits per heavy atom. The monoisotopic (exact) mass is 309 g/mol. The van der Waals surface area contributed by atoms with Crippen LogP contribution in [0, 0.1) is 0 Å². The molecule has 0 saturated carbocycles. The highest BCUT2D eigenvalue weighted by molar-refractivity contribution is 5.95. The van der Waals surface area contributed by atoms with Crippen molar-refractivity contribution in [3.05, 3.63) is 29.8 Å². The average Bonchev–Trinajstić information content (AvgIpc) is 2.75. The second-order valence-corrected chi connectivity index (χ2v) is 5.66. The first-order chi connectivity index (χ1) is 9.84. The molecule has 0 aliphatic carbocycles. The number of amides is 1. The summed E-state index contributed by atoms with van der Waals surface area (Å²) in [7, 11) is 0. The van der Waals surface area contributed by atoms with Crippen molar-refractivity contribution in [2.24, 2.45) is 0 Å². The number of nitrogens with one attached hydrogen (secondary N) is 1. The van der Waals surface area contributed by atoms with E-state index in [4.69, 9.17) is 0 Å². The number of hydrogen-bond acceptors (Lipinski definition) is 3. The molecule has 0 bridgehead atoms. The molecule has 3 rings (SSSR count). The maximum Gasteiger partial charge on any atom is 0.241 e. The van der Waals surface area contributed by atoms with Crippen LogP contribution in [0.4, 0.5) is 5.69 Å². The van der Waals surface area contributed by atoms with E-state index in [1.54, 1.807) is 0 Å². The molecule has 21 heavy (non-hydrogen) atoms. The standard InChI is InChI=1S/C16H23N3O.ClH/c20-16(13-18-10-4-8-17-9-12-18)19-11-3-6-14-5-1-2-7-15(14)19;/h1-2,5,7,17H,3-4,6,8-13H2;1H. The van der Waals surface area contributed by atoms with Crippen LogP contribution in [0.5, 0.6) is 0 Å². The summed E-state index contributed by atoms with van der Waals surface area (Å²) in [5.41, 5.74) is 2.43. The fourth-order valence-electron chi connectivity index (χ4n) is 3.13. The minimum absolute atomic E-state index is 0. The van der Waals surface area contributed by atoms with Crippen LogP contribution in [0.3, 0.4) is 0 Å². The summed E-state index contributed by atoms with van der Waals surface area (Å²) in [5, 5.41) is 3.38. The molecule has 116 valence electrons. The van der Waals surface area contributed by atoms with Crippen molar-refractivity contribution in [2.75, 3.05) is 44.2 Å². The number of hydrogen-bond donors (Lipinski definition) is 1. The lowest BCUT2D eigenvalue weighted by atomic mass is 10.0. The van der Waals surface area contributed by atoms with E-state index in [-0.39, 0.29) is 18.3 Å². The number of halogens is 1. The number of carbonyl (C=O) groups is 1. The Morgan fingerprint density at radius 3 is 2.86 bits per heavy atom. The van der Waals surface area contributed by atoms with Gasteiger partial charge in [0.2, 0.25) is 5.91 Å². The van der Waals surface area contributed by atoms with Crippen molar-refractivity contribution >= 4 is 24.0 Å². The molecule has 1 aromatic rings. The summed E-state index contributed by atoms with van der Waals surface area (Å²) in [6.07, 6.45) is 3.29. The summed E-state index contributed by atoms with van der Waals surface area (Å²) in [5.74, 6) is 0.249. The van der Waals surface area contributed by atoms with E-state index in [9.17, 15) is 4.79 Å². The number of nitrogens with zero attached hydrogens (tertiary/aromatic N) is 2. The molecular weight excluding hydrogens is 286 g/mol. The Kier molecular flexibility index (Phi) is 6.03. The van der Waals surface area contributed by atoms with Crippen LogP contribution >= 0.6 is 12.4 Å². The smallest absolute Gasteiger partial charge is 0.241 e. The van der Waals surface area contributed by atoms with Crippen LogP contribution in [0.2, 0.25) is 0 Å². The highest BCUT2D eigenvalue weighted by Crippen LogP contribution is 2.26. The number of aryl methyl sites for hydroxylation is 1. The molecule has 1 N–H and O–H groups in total. The summed E-state index contributed by atoms with van der Waals surface area (Å²) in [6, 6.07) is 8.31. The lowest BCUT2D eigenvalue weighted by molar-refractivity contribution is -0.119. The molecular formula is C16H24ClN3O. The molecule has 2 heterocycles. The zero-order valence-electron chi connectivity index (χ0n) is 12.4. The predicted molar refractivity (Wildman–Crippen MR) is 88.3 cm³/mol. The van der Waals surface area contributed by atoms with Crippen molar-refractivity contribution in [2.45, 2.75) is 19.3 Å². The van der Waals surface area contributed by atoms with Gasteiger partial charge in [0.1, 0.15) is 0 Å². The van der Waals surface area contributed by atoms with Gasteiger partial charge in [-0.1, -0.05) is 18.2 Å². The van der Waals surface area contributed by atoms with Crippen LogP contribution in [0.25, 0.3) is 0 Å². The summed E-state index contributed by atoms with van der Waals surface area (Å²) in [6.45, 7) is 5.47. The topological polar surface area (TPSA) is 35.6 Å². The minimum atomic E-state index is 0. The van der Waals surface area contributed by atoms with Gasteiger partial charge in [-0.15, -0.1) is 12.4 Å². The largest absolute Gasteiger partial charge is 0.315 e. The van der Waals surface area contributed by atoms with Crippen LogP contribution in [0.1, 0.15) is 18.4 Å². The minimum Gasteiger partial charge on any atom is -0.315 e. The second kappa shape index (κ2) is 7.78. The maximum absolute atomic E-state index is 12.6. The summed E-state index contributed by atoms with van der Waals surface area (Å²) in [4.78, 5) is 16.9. The number of para-hydroxylation sites is 1. The van der Waals surface area contributed by atoms with Crippen molar-refractivity contribution in [3.63, 3.8) is 0 Å². The molecule has 2 aliphatic heterocycles. The van der Waals surface area contributed by atoms with Crippen LogP contribution in [-0.4, -0.2) is 50.1 Å². The number of anilines is 1. The van der Waals surface area contributed by atoms with Gasteiger partial charge in [-0.2, -0.15) is 0 Å². The Morgan fingerprint density at radius 2 is 1.95 bits per heavy atom. The first-order valence-electron chi connectivity index (χ1n) is 7.66. The summed E-state index contributed by atoms with van der Waals surface area (Å²) >= 11 is 0. The molecule has 2 aliphatic rings. The molecule has 1 aromatic carbocycles. The molecule has 1 fully saturated rings. The van der Waals surface area contributed by atoms with Gasteiger partial charge in [0.25, 0.3) is 0 Å². The van der Waals surface area contributed by atoms with Crippen LogP contribution in [0.15, 0.2) is 24.3 Å². The third kappa shape index (κ3) is 3.96. The quantitative estimate of drug-likeness (QED) is 0.903. The van der Waals surface area contributed by atoms with Crippen molar-refractivity contribution in [1.29, 1.82) is 0 Å². The van der Waals surface area contributed by atoms with E-state index < -0.39 is 0 Å². The fourth-order valence-corrected chi connectivity index (χ4v) is 3.13. The first kappa shape index (κ1) is 16.3. The lowest BCUT2D eigenvalue weighted by Crippen LogP contribution is -2.43. The van der Waals surface area contributed by atoms with Crippen molar-refractivity contribution < 1.29 is 4.79 Å². The van der Waals surface area contributed by atoms with E-state index in [1.165, 1.54) is 5.56 Å². The molecule has 1 amide bonds. The van der Waals surface area contributed by atoms with Crippen molar-refractivity contribution in [1.82, 2.24) is 10.2 Å². The number of carbonyl (C=O) groups excluding carboxylic acids is 1. The fraction of sp³-hybridized carbons (Fsp3) is 0.562. The zero-order valence-corrected chi connectivity index (χ0v) is 13.2. The summed E-state index contributed by atoms with van der Waals surface area (Å²) < 4.78 is 0. The van der Waals surface area contributed by atoms with Crippen molar-refractivity contribution in [3.8, 4) is 0 Å². The lowest BCUT2D eigenvalue weighted by Gasteiger charge is -2.31. The van der Waals surface area contributed by atoms with E-state index >= 15 is 0 Å². The van der Waals surface area contributed by atoms with Gasteiger partial charge in [-0.25, -0.2) is 0 Å². The number of rotatable bonds is 2. The SMILES string of the molecule is Cl.O=C(CN1CCCNCC1)N1CCCc2ccccc21. The van der Waals surface area contributed by atoms with E-state index in [2.05, 4.69) is 28.4 Å². The van der Waals surface area contributed by atoms with Gasteiger partial charge >= 0.3 is 0 Å². The van der Waals surface area contributed by atoms with Gasteiger partial charge in [0.05, 0.1) is 6.54 Å². The molecule has 4 nitrogen and oxygen atoms in total. The zero-order chi connectivity index (χ0) is 13.8.